The Kier molecular flexibility index (Phi) is 2.52. The third-order valence-corrected chi connectivity index (χ3v) is 2.65. The zero-order valence-corrected chi connectivity index (χ0v) is 8.48. The topological polar surface area (TPSA) is 55.0 Å². The second-order valence-electron chi connectivity index (χ2n) is 3.99. The standard InChI is InChI=1S/C10H16N4/c1-8-3-2-4-14(6-8)10-5-9(11)12-7-13-10/h5,7-8H,2-4,6H2,1H3,(H2,11,12,13)/t8-/m0/s1. The molecule has 2 N–H and O–H groups in total. The van der Waals surface area contributed by atoms with Crippen LogP contribution in [0.15, 0.2) is 12.4 Å². The minimum Gasteiger partial charge on any atom is -0.384 e. The minimum absolute atomic E-state index is 0.549. The molecule has 76 valence electrons. The summed E-state index contributed by atoms with van der Waals surface area (Å²) in [5, 5.41) is 0. The molecule has 1 aromatic rings. The van der Waals surface area contributed by atoms with Gasteiger partial charge in [0.25, 0.3) is 0 Å². The van der Waals surface area contributed by atoms with Gasteiger partial charge in [-0.05, 0) is 18.8 Å². The first-order valence-corrected chi connectivity index (χ1v) is 5.08. The number of anilines is 2. The van der Waals surface area contributed by atoms with Gasteiger partial charge in [-0.1, -0.05) is 6.92 Å². The maximum Gasteiger partial charge on any atom is 0.134 e. The lowest BCUT2D eigenvalue weighted by Crippen LogP contribution is -2.34. The average molecular weight is 192 g/mol. The molecule has 0 radical (unpaired) electrons. The van der Waals surface area contributed by atoms with Crippen LogP contribution in [0.1, 0.15) is 19.8 Å². The molecule has 1 aliphatic heterocycles. The summed E-state index contributed by atoms with van der Waals surface area (Å²) in [7, 11) is 0. The van der Waals surface area contributed by atoms with Crippen LogP contribution in [0.5, 0.6) is 0 Å². The first-order valence-electron chi connectivity index (χ1n) is 5.08. The van der Waals surface area contributed by atoms with Crippen LogP contribution < -0.4 is 10.6 Å². The Balaban J connectivity index is 2.14. The smallest absolute Gasteiger partial charge is 0.134 e. The van der Waals surface area contributed by atoms with E-state index in [9.17, 15) is 0 Å². The van der Waals surface area contributed by atoms with Crippen molar-refractivity contribution in [3.8, 4) is 0 Å². The monoisotopic (exact) mass is 192 g/mol. The summed E-state index contributed by atoms with van der Waals surface area (Å²) in [4.78, 5) is 10.4. The molecule has 1 saturated heterocycles. The van der Waals surface area contributed by atoms with Crippen molar-refractivity contribution in [2.24, 2.45) is 5.92 Å². The summed E-state index contributed by atoms with van der Waals surface area (Å²) in [5.74, 6) is 2.26. The molecule has 14 heavy (non-hydrogen) atoms. The van der Waals surface area contributed by atoms with E-state index in [1.165, 1.54) is 19.2 Å². The van der Waals surface area contributed by atoms with Gasteiger partial charge in [0.05, 0.1) is 0 Å². The number of nitrogens with zero attached hydrogens (tertiary/aromatic N) is 3. The lowest BCUT2D eigenvalue weighted by Gasteiger charge is -2.31. The van der Waals surface area contributed by atoms with Gasteiger partial charge in [-0.3, -0.25) is 0 Å². The predicted molar refractivity (Wildman–Crippen MR) is 57.1 cm³/mol. The molecule has 1 aromatic heterocycles. The lowest BCUT2D eigenvalue weighted by molar-refractivity contribution is 0.444. The van der Waals surface area contributed by atoms with E-state index in [1.807, 2.05) is 6.07 Å². The fraction of sp³-hybridized carbons (Fsp3) is 0.600. The van der Waals surface area contributed by atoms with Gasteiger partial charge in [-0.15, -0.1) is 0 Å². The maximum absolute atomic E-state index is 5.62. The molecule has 2 heterocycles. The number of rotatable bonds is 1. The minimum atomic E-state index is 0.549. The van der Waals surface area contributed by atoms with Crippen molar-refractivity contribution in [1.82, 2.24) is 9.97 Å². The highest BCUT2D eigenvalue weighted by Gasteiger charge is 2.17. The highest BCUT2D eigenvalue weighted by atomic mass is 15.2. The van der Waals surface area contributed by atoms with Crippen LogP contribution >= 0.6 is 0 Å². The number of nitrogen functional groups attached to an aromatic ring is 1. The Bertz CT molecular complexity index is 313. The van der Waals surface area contributed by atoms with Crippen LogP contribution in [0.3, 0.4) is 0 Å². The van der Waals surface area contributed by atoms with E-state index < -0.39 is 0 Å². The molecule has 0 bridgehead atoms. The van der Waals surface area contributed by atoms with E-state index >= 15 is 0 Å². The van der Waals surface area contributed by atoms with E-state index in [1.54, 1.807) is 0 Å². The van der Waals surface area contributed by atoms with E-state index in [0.717, 1.165) is 24.8 Å². The molecule has 2 rings (SSSR count). The molecule has 1 fully saturated rings. The number of nitrogens with two attached hydrogens (primary N) is 1. The van der Waals surface area contributed by atoms with Crippen LogP contribution in [0.2, 0.25) is 0 Å². The molecule has 4 nitrogen and oxygen atoms in total. The molecule has 0 aromatic carbocycles. The van der Waals surface area contributed by atoms with E-state index in [4.69, 9.17) is 5.73 Å². The Morgan fingerprint density at radius 1 is 1.50 bits per heavy atom. The van der Waals surface area contributed by atoms with Crippen LogP contribution in [0, 0.1) is 5.92 Å². The van der Waals surface area contributed by atoms with Crippen molar-refractivity contribution in [2.45, 2.75) is 19.8 Å². The summed E-state index contributed by atoms with van der Waals surface area (Å²) in [6, 6.07) is 1.85. The van der Waals surface area contributed by atoms with E-state index in [2.05, 4.69) is 21.8 Å². The number of piperidine rings is 1. The van der Waals surface area contributed by atoms with Gasteiger partial charge in [-0.2, -0.15) is 0 Å². The SMILES string of the molecule is C[C@H]1CCCN(c2cc(N)ncn2)C1. The Labute approximate surface area is 84.2 Å². The molecule has 1 atom stereocenters. The van der Waals surface area contributed by atoms with Crippen LogP contribution in [-0.2, 0) is 0 Å². The summed E-state index contributed by atoms with van der Waals surface area (Å²) in [6.07, 6.45) is 4.09. The molecule has 0 unspecified atom stereocenters. The fourth-order valence-electron chi connectivity index (χ4n) is 1.93. The number of hydrogen-bond donors (Lipinski definition) is 1. The Hall–Kier alpha value is -1.32. The first kappa shape index (κ1) is 9.24. The third kappa shape index (κ3) is 1.95. The largest absolute Gasteiger partial charge is 0.384 e. The summed E-state index contributed by atoms with van der Waals surface area (Å²) < 4.78 is 0. The van der Waals surface area contributed by atoms with Gasteiger partial charge in [0.15, 0.2) is 0 Å². The van der Waals surface area contributed by atoms with Gasteiger partial charge in [0.2, 0.25) is 0 Å². The molecule has 0 aliphatic carbocycles. The van der Waals surface area contributed by atoms with Gasteiger partial charge in [-0.25, -0.2) is 9.97 Å². The highest BCUT2D eigenvalue weighted by Crippen LogP contribution is 2.21. The Morgan fingerprint density at radius 2 is 2.36 bits per heavy atom. The second-order valence-corrected chi connectivity index (χ2v) is 3.99. The third-order valence-electron chi connectivity index (χ3n) is 2.65. The van der Waals surface area contributed by atoms with Crippen LogP contribution in [0.4, 0.5) is 11.6 Å². The van der Waals surface area contributed by atoms with Crippen LogP contribution in [0.25, 0.3) is 0 Å². The van der Waals surface area contributed by atoms with Gasteiger partial charge in [0, 0.05) is 19.2 Å². The van der Waals surface area contributed by atoms with Crippen molar-refractivity contribution >= 4 is 11.6 Å². The molecule has 4 heteroatoms. The van der Waals surface area contributed by atoms with E-state index in [-0.39, 0.29) is 0 Å². The Morgan fingerprint density at radius 3 is 3.07 bits per heavy atom. The number of hydrogen-bond acceptors (Lipinski definition) is 4. The second kappa shape index (κ2) is 3.82. The van der Waals surface area contributed by atoms with Crippen molar-refractivity contribution < 1.29 is 0 Å². The molecular weight excluding hydrogens is 176 g/mol. The highest BCUT2D eigenvalue weighted by molar-refractivity contribution is 5.46. The number of aromatic nitrogens is 2. The quantitative estimate of drug-likeness (QED) is 0.728. The normalized spacial score (nSPS) is 22.4. The van der Waals surface area contributed by atoms with Gasteiger partial charge >= 0.3 is 0 Å². The zero-order valence-electron chi connectivity index (χ0n) is 8.48. The van der Waals surface area contributed by atoms with E-state index in [0.29, 0.717) is 5.82 Å². The molecular formula is C10H16N4. The summed E-state index contributed by atoms with van der Waals surface area (Å²) in [5.41, 5.74) is 5.62. The average Bonchev–Trinajstić information content (AvgIpc) is 2.18. The fourth-order valence-corrected chi connectivity index (χ4v) is 1.93. The van der Waals surface area contributed by atoms with Crippen molar-refractivity contribution in [3.05, 3.63) is 12.4 Å². The van der Waals surface area contributed by atoms with Crippen LogP contribution in [-0.4, -0.2) is 23.1 Å². The van der Waals surface area contributed by atoms with Crippen molar-refractivity contribution in [2.75, 3.05) is 23.7 Å². The molecule has 1 aliphatic rings. The van der Waals surface area contributed by atoms with Gasteiger partial charge < -0.3 is 10.6 Å². The molecule has 0 spiro atoms. The zero-order chi connectivity index (χ0) is 9.97. The molecule has 0 saturated carbocycles. The summed E-state index contributed by atoms with van der Waals surface area (Å²) >= 11 is 0. The predicted octanol–water partition coefficient (Wildman–Crippen LogP) is 1.30. The summed E-state index contributed by atoms with van der Waals surface area (Å²) in [6.45, 7) is 4.44. The van der Waals surface area contributed by atoms with Crippen molar-refractivity contribution in [1.29, 1.82) is 0 Å². The van der Waals surface area contributed by atoms with Crippen molar-refractivity contribution in [3.63, 3.8) is 0 Å². The lowest BCUT2D eigenvalue weighted by atomic mass is 10.0. The maximum atomic E-state index is 5.62. The first-order chi connectivity index (χ1) is 6.75. The van der Waals surface area contributed by atoms with Gasteiger partial charge in [0.1, 0.15) is 18.0 Å². The molecule has 0 amide bonds.